The maximum atomic E-state index is 11.9. The molecule has 1 aromatic rings. The second kappa shape index (κ2) is 4.22. The van der Waals surface area contributed by atoms with Crippen molar-refractivity contribution in [2.45, 2.75) is 25.7 Å². The molecule has 1 aliphatic heterocycles. The van der Waals surface area contributed by atoms with Crippen molar-refractivity contribution in [2.24, 2.45) is 11.0 Å². The lowest BCUT2D eigenvalue weighted by atomic mass is 9.81. The van der Waals surface area contributed by atoms with Crippen LogP contribution in [0, 0.1) is 5.92 Å². The number of carbonyl (C=O) groups is 1. The molecule has 2 aliphatic rings. The van der Waals surface area contributed by atoms with E-state index in [0.717, 1.165) is 10.2 Å². The van der Waals surface area contributed by atoms with Gasteiger partial charge in [-0.3, -0.25) is 4.79 Å². The number of aromatic nitrogens is 1. The van der Waals surface area contributed by atoms with Crippen LogP contribution in [0.25, 0.3) is 0 Å². The molecule has 0 N–H and O–H groups in total. The Labute approximate surface area is 108 Å². The standard InChI is InChI=1S/C12H12BrN3O/c13-9-5-2-6-14-12(9)16-11(17)7-10(15-16)8-3-1-4-8/h2,5-6,8H,1,3-4,7H2. The molecule has 17 heavy (non-hydrogen) atoms. The maximum Gasteiger partial charge on any atom is 0.254 e. The van der Waals surface area contributed by atoms with Crippen molar-refractivity contribution < 1.29 is 4.79 Å². The first-order valence-electron chi connectivity index (χ1n) is 5.76. The van der Waals surface area contributed by atoms with Crippen LogP contribution >= 0.6 is 15.9 Å². The number of amides is 1. The molecule has 0 aromatic carbocycles. The summed E-state index contributed by atoms with van der Waals surface area (Å²) in [5.74, 6) is 1.13. The van der Waals surface area contributed by atoms with E-state index in [1.807, 2.05) is 12.1 Å². The third kappa shape index (κ3) is 1.88. The molecule has 1 aliphatic carbocycles. The van der Waals surface area contributed by atoms with E-state index in [-0.39, 0.29) is 5.91 Å². The molecule has 2 heterocycles. The number of halogens is 1. The van der Waals surface area contributed by atoms with Gasteiger partial charge < -0.3 is 0 Å². The highest BCUT2D eigenvalue weighted by Gasteiger charge is 2.33. The largest absolute Gasteiger partial charge is 0.272 e. The molecule has 1 fully saturated rings. The van der Waals surface area contributed by atoms with Crippen molar-refractivity contribution in [3.63, 3.8) is 0 Å². The van der Waals surface area contributed by atoms with Crippen LogP contribution in [-0.2, 0) is 4.79 Å². The summed E-state index contributed by atoms with van der Waals surface area (Å²) in [6, 6.07) is 3.69. The van der Waals surface area contributed by atoms with Crippen molar-refractivity contribution in [1.29, 1.82) is 0 Å². The summed E-state index contributed by atoms with van der Waals surface area (Å²) in [5.41, 5.74) is 1.03. The van der Waals surface area contributed by atoms with Gasteiger partial charge in [0.05, 0.1) is 16.6 Å². The maximum absolute atomic E-state index is 11.9. The Morgan fingerprint density at radius 1 is 1.41 bits per heavy atom. The van der Waals surface area contributed by atoms with Gasteiger partial charge in [-0.25, -0.2) is 4.98 Å². The highest BCUT2D eigenvalue weighted by Crippen LogP contribution is 2.34. The van der Waals surface area contributed by atoms with Gasteiger partial charge in [0.1, 0.15) is 0 Å². The molecular formula is C12H12BrN3O. The quantitative estimate of drug-likeness (QED) is 0.842. The van der Waals surface area contributed by atoms with Gasteiger partial charge >= 0.3 is 0 Å². The molecule has 4 nitrogen and oxygen atoms in total. The van der Waals surface area contributed by atoms with Gasteiger partial charge in [0.2, 0.25) is 0 Å². The lowest BCUT2D eigenvalue weighted by Crippen LogP contribution is -2.22. The van der Waals surface area contributed by atoms with E-state index in [2.05, 4.69) is 26.0 Å². The minimum Gasteiger partial charge on any atom is -0.272 e. The van der Waals surface area contributed by atoms with Gasteiger partial charge in [0.15, 0.2) is 5.82 Å². The predicted molar refractivity (Wildman–Crippen MR) is 68.8 cm³/mol. The Morgan fingerprint density at radius 3 is 2.88 bits per heavy atom. The first-order valence-corrected chi connectivity index (χ1v) is 6.56. The second-order valence-corrected chi connectivity index (χ2v) is 5.26. The molecule has 0 bridgehead atoms. The predicted octanol–water partition coefficient (Wildman–Crippen LogP) is 2.74. The Morgan fingerprint density at radius 2 is 2.24 bits per heavy atom. The van der Waals surface area contributed by atoms with E-state index in [1.165, 1.54) is 24.3 Å². The summed E-state index contributed by atoms with van der Waals surface area (Å²) >= 11 is 3.40. The molecule has 0 unspecified atom stereocenters. The van der Waals surface area contributed by atoms with Crippen LogP contribution in [0.5, 0.6) is 0 Å². The van der Waals surface area contributed by atoms with Gasteiger partial charge in [0, 0.05) is 6.20 Å². The number of nitrogens with zero attached hydrogens (tertiary/aromatic N) is 3. The van der Waals surface area contributed by atoms with Crippen molar-refractivity contribution >= 4 is 33.4 Å². The summed E-state index contributed by atoms with van der Waals surface area (Å²) < 4.78 is 0.798. The fourth-order valence-corrected chi connectivity index (χ4v) is 2.54. The number of hydrazone groups is 1. The van der Waals surface area contributed by atoms with Gasteiger partial charge in [-0.2, -0.15) is 10.1 Å². The van der Waals surface area contributed by atoms with E-state index < -0.39 is 0 Å². The minimum absolute atomic E-state index is 0.0197. The molecule has 3 rings (SSSR count). The minimum atomic E-state index is 0.0197. The topological polar surface area (TPSA) is 45.6 Å². The molecule has 1 saturated carbocycles. The summed E-state index contributed by atoms with van der Waals surface area (Å²) in [4.78, 5) is 16.1. The molecule has 5 heteroatoms. The Hall–Kier alpha value is -1.23. The van der Waals surface area contributed by atoms with Gasteiger partial charge in [-0.15, -0.1) is 0 Å². The molecule has 1 amide bonds. The summed E-state index contributed by atoms with van der Waals surface area (Å²) in [7, 11) is 0. The zero-order chi connectivity index (χ0) is 11.8. The molecule has 0 radical (unpaired) electrons. The Bertz CT molecular complexity index is 496. The average Bonchev–Trinajstić information content (AvgIpc) is 2.58. The third-order valence-corrected chi connectivity index (χ3v) is 3.93. The average molecular weight is 294 g/mol. The monoisotopic (exact) mass is 293 g/mol. The molecular weight excluding hydrogens is 282 g/mol. The Kier molecular flexibility index (Phi) is 2.70. The van der Waals surface area contributed by atoms with Crippen LogP contribution in [0.3, 0.4) is 0 Å². The highest BCUT2D eigenvalue weighted by atomic mass is 79.9. The van der Waals surface area contributed by atoms with Crippen LogP contribution in [-0.4, -0.2) is 16.6 Å². The van der Waals surface area contributed by atoms with E-state index in [9.17, 15) is 4.79 Å². The van der Waals surface area contributed by atoms with Crippen LogP contribution in [0.4, 0.5) is 5.82 Å². The zero-order valence-electron chi connectivity index (χ0n) is 9.27. The SMILES string of the molecule is O=C1CC(C2CCC2)=NN1c1ncccc1Br. The third-order valence-electron chi connectivity index (χ3n) is 3.31. The fraction of sp³-hybridized carbons (Fsp3) is 0.417. The lowest BCUT2D eigenvalue weighted by molar-refractivity contribution is -0.117. The smallest absolute Gasteiger partial charge is 0.254 e. The van der Waals surface area contributed by atoms with Gasteiger partial charge in [-0.05, 0) is 46.8 Å². The highest BCUT2D eigenvalue weighted by molar-refractivity contribution is 9.10. The molecule has 1 aromatic heterocycles. The molecule has 0 spiro atoms. The van der Waals surface area contributed by atoms with E-state index in [1.54, 1.807) is 6.20 Å². The van der Waals surface area contributed by atoms with E-state index in [4.69, 9.17) is 0 Å². The number of rotatable bonds is 2. The second-order valence-electron chi connectivity index (χ2n) is 4.41. The molecule has 0 saturated heterocycles. The first kappa shape index (κ1) is 10.9. The van der Waals surface area contributed by atoms with Crippen LogP contribution in [0.15, 0.2) is 27.9 Å². The normalized spacial score (nSPS) is 20.4. The fourth-order valence-electron chi connectivity index (χ4n) is 2.12. The first-order chi connectivity index (χ1) is 8.25. The summed E-state index contributed by atoms with van der Waals surface area (Å²) in [6.45, 7) is 0. The van der Waals surface area contributed by atoms with Crippen LogP contribution < -0.4 is 5.01 Å². The summed E-state index contributed by atoms with van der Waals surface area (Å²) in [6.07, 6.45) is 5.72. The van der Waals surface area contributed by atoms with Crippen LogP contribution in [0.2, 0.25) is 0 Å². The lowest BCUT2D eigenvalue weighted by Gasteiger charge is -2.24. The molecule has 88 valence electrons. The van der Waals surface area contributed by atoms with E-state index in [0.29, 0.717) is 18.2 Å². The van der Waals surface area contributed by atoms with Crippen LogP contribution in [0.1, 0.15) is 25.7 Å². The van der Waals surface area contributed by atoms with Crippen molar-refractivity contribution in [2.75, 3.05) is 5.01 Å². The van der Waals surface area contributed by atoms with Gasteiger partial charge in [-0.1, -0.05) is 6.42 Å². The van der Waals surface area contributed by atoms with Gasteiger partial charge in [0.25, 0.3) is 5.91 Å². The number of pyridine rings is 1. The summed E-state index contributed by atoms with van der Waals surface area (Å²) in [5, 5.41) is 5.86. The van der Waals surface area contributed by atoms with Crippen molar-refractivity contribution in [1.82, 2.24) is 4.98 Å². The van der Waals surface area contributed by atoms with E-state index >= 15 is 0 Å². The number of hydrogen-bond acceptors (Lipinski definition) is 3. The Balaban J connectivity index is 1.90. The number of hydrogen-bond donors (Lipinski definition) is 0. The van der Waals surface area contributed by atoms with Crippen molar-refractivity contribution in [3.05, 3.63) is 22.8 Å². The molecule has 0 atom stereocenters. The zero-order valence-corrected chi connectivity index (χ0v) is 10.9. The number of anilines is 1. The van der Waals surface area contributed by atoms with Crippen molar-refractivity contribution in [3.8, 4) is 0 Å². The number of carbonyl (C=O) groups excluding carboxylic acids is 1.